The number of piperidine rings is 1. The van der Waals surface area contributed by atoms with Crippen molar-refractivity contribution in [2.45, 2.75) is 51.3 Å². The van der Waals surface area contributed by atoms with Crippen LogP contribution in [0.25, 0.3) is 11.4 Å². The van der Waals surface area contributed by atoms with Crippen molar-refractivity contribution in [2.75, 3.05) is 0 Å². The number of pyridine rings is 2. The molecule has 1 saturated carbocycles. The molecule has 9 heteroatoms. The maximum atomic E-state index is 13.8. The summed E-state index contributed by atoms with van der Waals surface area (Å²) in [5, 5.41) is 0. The van der Waals surface area contributed by atoms with E-state index in [0.29, 0.717) is 17.1 Å². The highest BCUT2D eigenvalue weighted by Crippen LogP contribution is 2.44. The smallest absolute Gasteiger partial charge is 0.273 e. The molecule has 2 fully saturated rings. The second kappa shape index (κ2) is 8.46. The molecule has 170 valence electrons. The van der Waals surface area contributed by atoms with Crippen LogP contribution in [0.4, 0.5) is 8.78 Å². The SMILES string of the molecule is Cc1ccc(-c2ncccn2)c(C(=O)N2[C@H](C)[C@H]3C[C@@H](Oc4ccc(C(F)F)cn4)[C@@H]2C3)n1. The fraction of sp³-hybridized carbons (Fsp3) is 0.375. The van der Waals surface area contributed by atoms with E-state index >= 15 is 0 Å². The second-order valence-electron chi connectivity index (χ2n) is 8.56. The summed E-state index contributed by atoms with van der Waals surface area (Å²) in [5.74, 6) is 0.825. The van der Waals surface area contributed by atoms with Crippen molar-refractivity contribution < 1.29 is 18.3 Å². The summed E-state index contributed by atoms with van der Waals surface area (Å²) in [5.41, 5.74) is 1.48. The quantitative estimate of drug-likeness (QED) is 0.577. The molecule has 3 aromatic heterocycles. The van der Waals surface area contributed by atoms with Crippen molar-refractivity contribution >= 4 is 5.91 Å². The number of halogens is 2. The summed E-state index contributed by atoms with van der Waals surface area (Å²) >= 11 is 0. The molecular formula is C24H23F2N5O2. The fourth-order valence-corrected chi connectivity index (χ4v) is 4.90. The normalized spacial score (nSPS) is 23.8. The van der Waals surface area contributed by atoms with Crippen LogP contribution < -0.4 is 4.74 Å². The van der Waals surface area contributed by atoms with E-state index in [4.69, 9.17) is 4.74 Å². The largest absolute Gasteiger partial charge is 0.472 e. The summed E-state index contributed by atoms with van der Waals surface area (Å²) in [4.78, 5) is 32.8. The maximum absolute atomic E-state index is 13.8. The number of alkyl halides is 2. The number of nitrogens with zero attached hydrogens (tertiary/aromatic N) is 5. The van der Waals surface area contributed by atoms with Gasteiger partial charge < -0.3 is 9.64 Å². The Bertz CT molecular complexity index is 1160. The van der Waals surface area contributed by atoms with Crippen LogP contribution in [0.1, 0.15) is 47.9 Å². The standard InChI is InChI=1S/C24H23F2N5O2/c1-13-4-6-17(23-27-8-3-9-28-23)21(30-13)24(32)31-14(2)16-10-18(31)19(11-16)33-20-7-5-15(12-29-20)22(25)26/h3-9,12,14,16,18-19,22H,10-11H2,1-2H3/t14-,16-,18+,19-/m1/s1. The number of hydrogen-bond acceptors (Lipinski definition) is 6. The Hall–Kier alpha value is -3.49. The van der Waals surface area contributed by atoms with Crippen molar-refractivity contribution in [2.24, 2.45) is 5.92 Å². The Morgan fingerprint density at radius 1 is 1.12 bits per heavy atom. The third-order valence-electron chi connectivity index (χ3n) is 6.55. The van der Waals surface area contributed by atoms with E-state index in [0.717, 1.165) is 24.7 Å². The van der Waals surface area contributed by atoms with E-state index in [9.17, 15) is 13.6 Å². The molecule has 0 radical (unpaired) electrons. The first kappa shape index (κ1) is 21.4. The van der Waals surface area contributed by atoms with Gasteiger partial charge in [-0.1, -0.05) is 0 Å². The monoisotopic (exact) mass is 451 g/mol. The van der Waals surface area contributed by atoms with Crippen molar-refractivity contribution in [1.29, 1.82) is 0 Å². The highest BCUT2D eigenvalue weighted by molar-refractivity contribution is 5.99. The molecule has 0 N–H and O–H groups in total. The van der Waals surface area contributed by atoms with Crippen LogP contribution in [0.2, 0.25) is 0 Å². The van der Waals surface area contributed by atoms with Crippen molar-refractivity contribution in [3.05, 3.63) is 65.9 Å². The van der Waals surface area contributed by atoms with E-state index in [1.54, 1.807) is 18.5 Å². The molecule has 0 spiro atoms. The number of carbonyl (C=O) groups excluding carboxylic acids is 1. The lowest BCUT2D eigenvalue weighted by Gasteiger charge is -2.37. The Balaban J connectivity index is 1.42. The molecule has 4 heterocycles. The number of fused-ring (bicyclic) bond motifs is 2. The predicted molar refractivity (Wildman–Crippen MR) is 116 cm³/mol. The van der Waals surface area contributed by atoms with Crippen LogP contribution in [0.5, 0.6) is 5.88 Å². The van der Waals surface area contributed by atoms with Gasteiger partial charge in [-0.25, -0.2) is 28.7 Å². The molecule has 0 unspecified atom stereocenters. The molecule has 1 aliphatic carbocycles. The van der Waals surface area contributed by atoms with Gasteiger partial charge in [-0.05, 0) is 56.9 Å². The van der Waals surface area contributed by atoms with Gasteiger partial charge in [0.05, 0.1) is 11.6 Å². The minimum atomic E-state index is -2.58. The minimum absolute atomic E-state index is 0.0309. The van der Waals surface area contributed by atoms with E-state index < -0.39 is 6.43 Å². The molecular weight excluding hydrogens is 428 g/mol. The van der Waals surface area contributed by atoms with Crippen LogP contribution in [-0.2, 0) is 0 Å². The van der Waals surface area contributed by atoms with Gasteiger partial charge >= 0.3 is 0 Å². The number of amides is 1. The molecule has 1 aliphatic heterocycles. The average Bonchev–Trinajstić information content (AvgIpc) is 3.37. The molecule has 1 amide bonds. The first-order valence-corrected chi connectivity index (χ1v) is 10.9. The third kappa shape index (κ3) is 3.92. The number of aryl methyl sites for hydroxylation is 1. The van der Waals surface area contributed by atoms with Gasteiger partial charge in [-0.3, -0.25) is 4.79 Å². The topological polar surface area (TPSA) is 81.1 Å². The number of aromatic nitrogens is 4. The van der Waals surface area contributed by atoms with Crippen molar-refractivity contribution in [1.82, 2.24) is 24.8 Å². The highest BCUT2D eigenvalue weighted by atomic mass is 19.3. The lowest BCUT2D eigenvalue weighted by Crippen LogP contribution is -2.51. The summed E-state index contributed by atoms with van der Waals surface area (Å²) < 4.78 is 31.7. The summed E-state index contributed by atoms with van der Waals surface area (Å²) in [7, 11) is 0. The van der Waals surface area contributed by atoms with Crippen LogP contribution in [-0.4, -0.2) is 48.9 Å². The van der Waals surface area contributed by atoms with Crippen LogP contribution in [0, 0.1) is 12.8 Å². The van der Waals surface area contributed by atoms with E-state index in [2.05, 4.69) is 19.9 Å². The van der Waals surface area contributed by atoms with Crippen LogP contribution in [0.3, 0.4) is 0 Å². The van der Waals surface area contributed by atoms with Crippen LogP contribution in [0.15, 0.2) is 48.9 Å². The molecule has 2 aliphatic rings. The molecule has 1 saturated heterocycles. The lowest BCUT2D eigenvalue weighted by atomic mass is 9.98. The summed E-state index contributed by atoms with van der Waals surface area (Å²) in [6.07, 6.45) is 3.15. The molecule has 3 aromatic rings. The number of carbonyl (C=O) groups is 1. The first-order valence-electron chi connectivity index (χ1n) is 10.9. The number of ether oxygens (including phenoxy) is 1. The molecule has 7 nitrogen and oxygen atoms in total. The zero-order valence-corrected chi connectivity index (χ0v) is 18.2. The predicted octanol–water partition coefficient (Wildman–Crippen LogP) is 4.25. The summed E-state index contributed by atoms with van der Waals surface area (Å²) in [6.45, 7) is 3.88. The fourth-order valence-electron chi connectivity index (χ4n) is 4.90. The minimum Gasteiger partial charge on any atom is -0.472 e. The van der Waals surface area contributed by atoms with E-state index in [1.165, 1.54) is 12.1 Å². The van der Waals surface area contributed by atoms with Crippen LogP contribution >= 0.6 is 0 Å². The Labute approximate surface area is 189 Å². The zero-order chi connectivity index (χ0) is 23.1. The Morgan fingerprint density at radius 2 is 1.91 bits per heavy atom. The van der Waals surface area contributed by atoms with E-state index in [-0.39, 0.29) is 41.5 Å². The van der Waals surface area contributed by atoms with Gasteiger partial charge in [-0.15, -0.1) is 0 Å². The Kier molecular flexibility index (Phi) is 5.47. The molecule has 5 rings (SSSR count). The average molecular weight is 451 g/mol. The number of hydrogen-bond donors (Lipinski definition) is 0. The lowest BCUT2D eigenvalue weighted by molar-refractivity contribution is 0.0309. The number of rotatable bonds is 5. The van der Waals surface area contributed by atoms with Gasteiger partial charge in [0.1, 0.15) is 11.8 Å². The Morgan fingerprint density at radius 3 is 2.58 bits per heavy atom. The molecule has 0 aromatic carbocycles. The molecule has 4 atom stereocenters. The van der Waals surface area contributed by atoms with Crippen molar-refractivity contribution in [3.63, 3.8) is 0 Å². The van der Waals surface area contributed by atoms with Crippen molar-refractivity contribution in [3.8, 4) is 17.3 Å². The molecule has 33 heavy (non-hydrogen) atoms. The summed E-state index contributed by atoms with van der Waals surface area (Å²) in [6, 6.07) is 8.03. The van der Waals surface area contributed by atoms with E-state index in [1.807, 2.05) is 30.9 Å². The second-order valence-corrected chi connectivity index (χ2v) is 8.56. The van der Waals surface area contributed by atoms with Gasteiger partial charge in [0, 0.05) is 42.0 Å². The van der Waals surface area contributed by atoms with Gasteiger partial charge in [0.15, 0.2) is 5.82 Å². The maximum Gasteiger partial charge on any atom is 0.273 e. The van der Waals surface area contributed by atoms with Gasteiger partial charge in [-0.2, -0.15) is 0 Å². The molecule has 2 bridgehead atoms. The zero-order valence-electron chi connectivity index (χ0n) is 18.2. The van der Waals surface area contributed by atoms with Gasteiger partial charge in [0.2, 0.25) is 5.88 Å². The third-order valence-corrected chi connectivity index (χ3v) is 6.55. The van der Waals surface area contributed by atoms with Gasteiger partial charge in [0.25, 0.3) is 12.3 Å². The first-order chi connectivity index (χ1) is 15.9. The highest BCUT2D eigenvalue weighted by Gasteiger charge is 2.53. The number of likely N-dealkylation sites (tertiary alicyclic amines) is 1.